The molecule has 6 heteroatoms. The summed E-state index contributed by atoms with van der Waals surface area (Å²) in [5.74, 6) is -0.824. The van der Waals surface area contributed by atoms with E-state index < -0.39 is 17.3 Å². The van der Waals surface area contributed by atoms with Gasteiger partial charge >= 0.3 is 0 Å². The highest BCUT2D eigenvalue weighted by Gasteiger charge is 2.11. The Morgan fingerprint density at radius 3 is 2.39 bits per heavy atom. The predicted octanol–water partition coefficient (Wildman–Crippen LogP) is 4.28. The van der Waals surface area contributed by atoms with Crippen molar-refractivity contribution in [1.82, 2.24) is 15.1 Å². The van der Waals surface area contributed by atoms with Crippen LogP contribution in [0.15, 0.2) is 89.7 Å². The Morgan fingerprint density at radius 1 is 0.935 bits per heavy atom. The molecule has 1 aromatic heterocycles. The van der Waals surface area contributed by atoms with Crippen LogP contribution in [0.25, 0.3) is 16.8 Å². The summed E-state index contributed by atoms with van der Waals surface area (Å²) in [7, 11) is 0. The number of benzene rings is 3. The van der Waals surface area contributed by atoms with Gasteiger partial charge in [0.1, 0.15) is 11.5 Å². The molecule has 1 amide bonds. The van der Waals surface area contributed by atoms with E-state index in [4.69, 9.17) is 0 Å². The molecule has 1 N–H and O–H groups in total. The third kappa shape index (κ3) is 4.75. The lowest BCUT2D eigenvalue weighted by Crippen LogP contribution is -2.28. The Balaban J connectivity index is 1.51. The molecular weight excluding hydrogens is 393 g/mol. The highest BCUT2D eigenvalue weighted by molar-refractivity contribution is 5.92. The van der Waals surface area contributed by atoms with Crippen molar-refractivity contribution in [3.8, 4) is 16.8 Å². The number of aryl methyl sites for hydroxylation is 1. The van der Waals surface area contributed by atoms with Gasteiger partial charge in [0, 0.05) is 12.6 Å². The van der Waals surface area contributed by atoms with Gasteiger partial charge in [0.15, 0.2) is 0 Å². The minimum absolute atomic E-state index is 0.0961. The number of halogens is 1. The van der Waals surface area contributed by atoms with E-state index in [1.807, 2.05) is 49.4 Å². The second kappa shape index (κ2) is 8.75. The lowest BCUT2D eigenvalue weighted by molar-refractivity contribution is 0.0944. The molecule has 4 rings (SSSR count). The van der Waals surface area contributed by atoms with Crippen molar-refractivity contribution in [2.24, 2.45) is 0 Å². The number of rotatable bonds is 5. The van der Waals surface area contributed by atoms with Crippen molar-refractivity contribution >= 4 is 5.91 Å². The van der Waals surface area contributed by atoms with Crippen LogP contribution in [0, 0.1) is 12.7 Å². The van der Waals surface area contributed by atoms with E-state index in [1.54, 1.807) is 0 Å². The third-order valence-corrected chi connectivity index (χ3v) is 4.84. The molecule has 4 aromatic rings. The molecule has 0 aliphatic heterocycles. The van der Waals surface area contributed by atoms with Crippen LogP contribution < -0.4 is 10.9 Å². The minimum Gasteiger partial charge on any atom is -0.347 e. The summed E-state index contributed by atoms with van der Waals surface area (Å²) in [4.78, 5) is 24.7. The predicted molar refractivity (Wildman–Crippen MR) is 118 cm³/mol. The Kier molecular flexibility index (Phi) is 5.71. The summed E-state index contributed by atoms with van der Waals surface area (Å²) in [5, 5.41) is 6.96. The molecule has 0 saturated carbocycles. The zero-order chi connectivity index (χ0) is 21.8. The van der Waals surface area contributed by atoms with Crippen LogP contribution in [-0.2, 0) is 6.54 Å². The van der Waals surface area contributed by atoms with Gasteiger partial charge in [-0.25, -0.2) is 4.39 Å². The highest BCUT2D eigenvalue weighted by Crippen LogP contribution is 2.21. The average molecular weight is 413 g/mol. The molecule has 0 aliphatic rings. The van der Waals surface area contributed by atoms with Crippen LogP contribution in [0.5, 0.6) is 0 Å². The molecule has 0 aliphatic carbocycles. The smallest absolute Gasteiger partial charge is 0.272 e. The number of amides is 1. The highest BCUT2D eigenvalue weighted by atomic mass is 19.1. The van der Waals surface area contributed by atoms with Crippen LogP contribution in [0.3, 0.4) is 0 Å². The zero-order valence-corrected chi connectivity index (χ0v) is 16.9. The Hall–Kier alpha value is -4.06. The molecule has 31 heavy (non-hydrogen) atoms. The van der Waals surface area contributed by atoms with Crippen LogP contribution in [0.4, 0.5) is 4.39 Å². The summed E-state index contributed by atoms with van der Waals surface area (Å²) in [6, 6.07) is 24.1. The fraction of sp³-hybridized carbons (Fsp3) is 0.0800. The number of hydrogen-bond donors (Lipinski definition) is 1. The number of nitrogens with zero attached hydrogens (tertiary/aromatic N) is 2. The molecule has 0 unspecified atom stereocenters. The monoisotopic (exact) mass is 413 g/mol. The van der Waals surface area contributed by atoms with E-state index in [0.29, 0.717) is 12.2 Å². The summed E-state index contributed by atoms with van der Waals surface area (Å²) >= 11 is 0. The first-order valence-electron chi connectivity index (χ1n) is 9.80. The largest absolute Gasteiger partial charge is 0.347 e. The molecule has 3 aromatic carbocycles. The van der Waals surface area contributed by atoms with Crippen molar-refractivity contribution in [3.63, 3.8) is 0 Å². The Morgan fingerprint density at radius 2 is 1.65 bits per heavy atom. The fourth-order valence-electron chi connectivity index (χ4n) is 3.26. The maximum Gasteiger partial charge on any atom is 0.272 e. The van der Waals surface area contributed by atoms with Gasteiger partial charge in [-0.2, -0.15) is 9.78 Å². The molecule has 1 heterocycles. The second-order valence-electron chi connectivity index (χ2n) is 7.20. The van der Waals surface area contributed by atoms with Crippen molar-refractivity contribution in [2.45, 2.75) is 13.5 Å². The standard InChI is InChI=1S/C25H20FN3O2/c1-17-4-2-6-19(14-17)20-7-3-5-18(15-20)16-27-25(31)23-12-13-24(30)29(28-23)22-10-8-21(26)9-11-22/h2-15H,16H2,1H3,(H,27,31). The van der Waals surface area contributed by atoms with Crippen molar-refractivity contribution in [3.05, 3.63) is 118 Å². The van der Waals surface area contributed by atoms with Crippen LogP contribution >= 0.6 is 0 Å². The maximum atomic E-state index is 13.2. The summed E-state index contributed by atoms with van der Waals surface area (Å²) in [6.07, 6.45) is 0. The molecule has 0 atom stereocenters. The number of nitrogens with one attached hydrogen (secondary N) is 1. The third-order valence-electron chi connectivity index (χ3n) is 4.84. The summed E-state index contributed by atoms with van der Waals surface area (Å²) in [5.41, 5.74) is 4.37. The van der Waals surface area contributed by atoms with E-state index in [-0.39, 0.29) is 5.69 Å². The number of aromatic nitrogens is 2. The van der Waals surface area contributed by atoms with Gasteiger partial charge in [0.2, 0.25) is 0 Å². The van der Waals surface area contributed by atoms with Crippen molar-refractivity contribution < 1.29 is 9.18 Å². The van der Waals surface area contributed by atoms with Gasteiger partial charge < -0.3 is 5.32 Å². The van der Waals surface area contributed by atoms with E-state index in [9.17, 15) is 14.0 Å². The van der Waals surface area contributed by atoms with Gasteiger partial charge in [-0.05, 0) is 60.0 Å². The van der Waals surface area contributed by atoms with Crippen LogP contribution in [-0.4, -0.2) is 15.7 Å². The SMILES string of the molecule is Cc1cccc(-c2cccc(CNC(=O)c3ccc(=O)n(-c4ccc(F)cc4)n3)c2)c1. The maximum absolute atomic E-state index is 13.2. The summed E-state index contributed by atoms with van der Waals surface area (Å²) < 4.78 is 14.2. The first kappa shape index (κ1) is 20.2. The van der Waals surface area contributed by atoms with E-state index in [1.165, 1.54) is 42.0 Å². The van der Waals surface area contributed by atoms with Gasteiger partial charge in [-0.1, -0.05) is 48.0 Å². The normalized spacial score (nSPS) is 10.6. The fourth-order valence-corrected chi connectivity index (χ4v) is 3.26. The second-order valence-corrected chi connectivity index (χ2v) is 7.20. The minimum atomic E-state index is -0.418. The molecule has 0 saturated heterocycles. The molecule has 0 fully saturated rings. The molecule has 0 bridgehead atoms. The van der Waals surface area contributed by atoms with Gasteiger partial charge in [0.25, 0.3) is 11.5 Å². The topological polar surface area (TPSA) is 64.0 Å². The van der Waals surface area contributed by atoms with Crippen LogP contribution in [0.1, 0.15) is 21.6 Å². The molecular formula is C25H20FN3O2. The van der Waals surface area contributed by atoms with E-state index in [0.717, 1.165) is 21.4 Å². The lowest BCUT2D eigenvalue weighted by Gasteiger charge is -2.09. The summed E-state index contributed by atoms with van der Waals surface area (Å²) in [6.45, 7) is 2.36. The quantitative estimate of drug-likeness (QED) is 0.531. The van der Waals surface area contributed by atoms with Gasteiger partial charge in [-0.15, -0.1) is 0 Å². The molecule has 154 valence electrons. The number of hydrogen-bond acceptors (Lipinski definition) is 3. The zero-order valence-electron chi connectivity index (χ0n) is 16.9. The van der Waals surface area contributed by atoms with Gasteiger partial charge in [-0.3, -0.25) is 9.59 Å². The van der Waals surface area contributed by atoms with Crippen molar-refractivity contribution in [2.75, 3.05) is 0 Å². The van der Waals surface area contributed by atoms with Gasteiger partial charge in [0.05, 0.1) is 5.69 Å². The molecule has 0 radical (unpaired) electrons. The number of carbonyl (C=O) groups is 1. The Labute approximate surface area is 178 Å². The average Bonchev–Trinajstić information content (AvgIpc) is 2.79. The lowest BCUT2D eigenvalue weighted by atomic mass is 10.0. The first-order chi connectivity index (χ1) is 15.0. The molecule has 0 spiro atoms. The first-order valence-corrected chi connectivity index (χ1v) is 9.80. The van der Waals surface area contributed by atoms with E-state index in [2.05, 4.69) is 16.5 Å². The molecule has 5 nitrogen and oxygen atoms in total. The number of carbonyl (C=O) groups excluding carboxylic acids is 1. The van der Waals surface area contributed by atoms with E-state index >= 15 is 0 Å². The Bertz CT molecular complexity index is 1300. The van der Waals surface area contributed by atoms with Crippen LogP contribution in [0.2, 0.25) is 0 Å². The van der Waals surface area contributed by atoms with Crippen molar-refractivity contribution in [1.29, 1.82) is 0 Å².